The molecular formula is C17H31IN4O3S. The molecule has 1 aromatic rings. The zero-order valence-electron chi connectivity index (χ0n) is 15.8. The van der Waals surface area contributed by atoms with Crippen LogP contribution in [0.2, 0.25) is 0 Å². The fourth-order valence-electron chi connectivity index (χ4n) is 3.13. The molecule has 9 heteroatoms. The lowest BCUT2D eigenvalue weighted by atomic mass is 10.2. The van der Waals surface area contributed by atoms with Crippen molar-refractivity contribution in [2.24, 2.45) is 4.99 Å². The third-order valence-electron chi connectivity index (χ3n) is 4.46. The minimum absolute atomic E-state index is 0. The van der Waals surface area contributed by atoms with Gasteiger partial charge in [-0.1, -0.05) is 13.8 Å². The summed E-state index contributed by atoms with van der Waals surface area (Å²) in [4.78, 5) is 6.99. The first-order valence-corrected chi connectivity index (χ1v) is 10.8. The summed E-state index contributed by atoms with van der Waals surface area (Å²) < 4.78 is 28.9. The summed E-state index contributed by atoms with van der Waals surface area (Å²) in [5, 5.41) is 6.47. The number of hydrogen-bond donors (Lipinski definition) is 2. The zero-order valence-corrected chi connectivity index (χ0v) is 18.9. The molecule has 0 spiro atoms. The SMILES string of the molecule is CCNC(=NCC(c1ccco1)N(CC)CC)NC1CCS(=O)(=O)C1.I. The smallest absolute Gasteiger partial charge is 0.191 e. The highest BCUT2D eigenvalue weighted by molar-refractivity contribution is 14.0. The van der Waals surface area contributed by atoms with Gasteiger partial charge < -0.3 is 15.1 Å². The summed E-state index contributed by atoms with van der Waals surface area (Å²) in [6.07, 6.45) is 2.31. The molecule has 1 aliphatic heterocycles. The van der Waals surface area contributed by atoms with Crippen molar-refractivity contribution in [2.45, 2.75) is 39.3 Å². The Morgan fingerprint density at radius 2 is 2.12 bits per heavy atom. The molecule has 0 bridgehead atoms. The maximum atomic E-state index is 11.6. The summed E-state index contributed by atoms with van der Waals surface area (Å²) in [5.41, 5.74) is 0. The fourth-order valence-corrected chi connectivity index (χ4v) is 4.80. The second-order valence-corrected chi connectivity index (χ2v) is 8.45. The van der Waals surface area contributed by atoms with Crippen LogP contribution >= 0.6 is 24.0 Å². The molecule has 2 atom stereocenters. The van der Waals surface area contributed by atoms with E-state index < -0.39 is 9.84 Å². The van der Waals surface area contributed by atoms with E-state index in [-0.39, 0.29) is 47.6 Å². The van der Waals surface area contributed by atoms with E-state index in [4.69, 9.17) is 9.41 Å². The van der Waals surface area contributed by atoms with Crippen LogP contribution in [-0.4, -0.2) is 63.0 Å². The molecule has 1 aliphatic rings. The second-order valence-electron chi connectivity index (χ2n) is 6.22. The molecule has 150 valence electrons. The first kappa shape index (κ1) is 23.2. The van der Waals surface area contributed by atoms with E-state index in [1.165, 1.54) is 0 Å². The Morgan fingerprint density at radius 1 is 1.38 bits per heavy atom. The van der Waals surface area contributed by atoms with Crippen LogP contribution < -0.4 is 10.6 Å². The highest BCUT2D eigenvalue weighted by Gasteiger charge is 2.28. The molecular weight excluding hydrogens is 467 g/mol. The minimum Gasteiger partial charge on any atom is -0.468 e. The van der Waals surface area contributed by atoms with Crippen LogP contribution in [0.4, 0.5) is 0 Å². The van der Waals surface area contributed by atoms with Gasteiger partial charge in [0.2, 0.25) is 0 Å². The highest BCUT2D eigenvalue weighted by atomic mass is 127. The average molecular weight is 498 g/mol. The number of sulfone groups is 1. The van der Waals surface area contributed by atoms with Crippen LogP contribution in [0.1, 0.15) is 39.0 Å². The van der Waals surface area contributed by atoms with E-state index in [0.717, 1.165) is 25.4 Å². The lowest BCUT2D eigenvalue weighted by Gasteiger charge is -2.27. The Morgan fingerprint density at radius 3 is 2.62 bits per heavy atom. The van der Waals surface area contributed by atoms with Crippen molar-refractivity contribution < 1.29 is 12.8 Å². The maximum Gasteiger partial charge on any atom is 0.191 e. The van der Waals surface area contributed by atoms with E-state index in [9.17, 15) is 8.42 Å². The quantitative estimate of drug-likeness (QED) is 0.324. The van der Waals surface area contributed by atoms with Crippen molar-refractivity contribution in [3.05, 3.63) is 24.2 Å². The lowest BCUT2D eigenvalue weighted by molar-refractivity contribution is 0.198. The highest BCUT2D eigenvalue weighted by Crippen LogP contribution is 2.21. The third kappa shape index (κ3) is 6.73. The minimum atomic E-state index is -2.91. The second kappa shape index (κ2) is 11.1. The summed E-state index contributed by atoms with van der Waals surface area (Å²) in [6, 6.07) is 3.86. The topological polar surface area (TPSA) is 86.9 Å². The molecule has 0 radical (unpaired) electrons. The van der Waals surface area contributed by atoms with E-state index in [2.05, 4.69) is 29.4 Å². The summed E-state index contributed by atoms with van der Waals surface area (Å²) >= 11 is 0. The van der Waals surface area contributed by atoms with Crippen LogP contribution in [0.15, 0.2) is 27.8 Å². The first-order chi connectivity index (χ1) is 12.0. The predicted octanol–water partition coefficient (Wildman–Crippen LogP) is 2.02. The third-order valence-corrected chi connectivity index (χ3v) is 6.23. The van der Waals surface area contributed by atoms with Gasteiger partial charge in [-0.05, 0) is 38.6 Å². The molecule has 1 aromatic heterocycles. The molecule has 2 rings (SSSR count). The average Bonchev–Trinajstić information content (AvgIpc) is 3.21. The normalized spacial score (nSPS) is 20.6. The fraction of sp³-hybridized carbons (Fsp3) is 0.706. The van der Waals surface area contributed by atoms with Crippen LogP contribution in [0.5, 0.6) is 0 Å². The van der Waals surface area contributed by atoms with Gasteiger partial charge in [-0.15, -0.1) is 24.0 Å². The van der Waals surface area contributed by atoms with Gasteiger partial charge in [-0.3, -0.25) is 9.89 Å². The number of hydrogen-bond acceptors (Lipinski definition) is 5. The van der Waals surface area contributed by atoms with Gasteiger partial charge >= 0.3 is 0 Å². The first-order valence-electron chi connectivity index (χ1n) is 9.01. The van der Waals surface area contributed by atoms with Gasteiger partial charge in [-0.2, -0.15) is 0 Å². The van der Waals surface area contributed by atoms with Gasteiger partial charge in [0.15, 0.2) is 15.8 Å². The van der Waals surface area contributed by atoms with Gasteiger partial charge in [0.05, 0.1) is 30.4 Å². The van der Waals surface area contributed by atoms with Gasteiger partial charge in [0, 0.05) is 12.6 Å². The Hall–Kier alpha value is -0.810. The largest absolute Gasteiger partial charge is 0.468 e. The molecule has 0 aromatic carbocycles. The van der Waals surface area contributed by atoms with Crippen molar-refractivity contribution in [1.82, 2.24) is 15.5 Å². The Balaban J connectivity index is 0.00000338. The number of nitrogens with zero attached hydrogens (tertiary/aromatic N) is 2. The van der Waals surface area contributed by atoms with Crippen molar-refractivity contribution in [1.29, 1.82) is 0 Å². The van der Waals surface area contributed by atoms with Crippen molar-refractivity contribution in [3.8, 4) is 0 Å². The van der Waals surface area contributed by atoms with E-state index >= 15 is 0 Å². The molecule has 1 fully saturated rings. The van der Waals surface area contributed by atoms with E-state index in [1.54, 1.807) is 6.26 Å². The number of nitrogens with one attached hydrogen (secondary N) is 2. The molecule has 26 heavy (non-hydrogen) atoms. The van der Waals surface area contributed by atoms with Crippen LogP contribution in [-0.2, 0) is 9.84 Å². The molecule has 2 N–H and O–H groups in total. The molecule has 0 aliphatic carbocycles. The van der Waals surface area contributed by atoms with Gasteiger partial charge in [-0.25, -0.2) is 8.42 Å². The van der Waals surface area contributed by atoms with Crippen LogP contribution in [0.25, 0.3) is 0 Å². The summed E-state index contributed by atoms with van der Waals surface area (Å²) in [7, 11) is -2.91. The maximum absolute atomic E-state index is 11.6. The number of guanidine groups is 1. The Labute approximate surface area is 173 Å². The number of aliphatic imine (C=N–C) groups is 1. The Kier molecular flexibility index (Phi) is 9.94. The van der Waals surface area contributed by atoms with Crippen LogP contribution in [0.3, 0.4) is 0 Å². The number of rotatable bonds is 8. The standard InChI is InChI=1S/C17H30N4O3S.HI/c1-4-18-17(20-14-9-11-25(22,23)13-14)19-12-15(21(5-2)6-3)16-8-7-10-24-16;/h7-8,10,14-15H,4-6,9,11-13H2,1-3H3,(H2,18,19,20);1H. The van der Waals surface area contributed by atoms with Crippen molar-refractivity contribution in [2.75, 3.05) is 37.7 Å². The van der Waals surface area contributed by atoms with Crippen molar-refractivity contribution in [3.63, 3.8) is 0 Å². The molecule has 1 saturated heterocycles. The van der Waals surface area contributed by atoms with Gasteiger partial charge in [0.1, 0.15) is 5.76 Å². The zero-order chi connectivity index (χ0) is 18.3. The summed E-state index contributed by atoms with van der Waals surface area (Å²) in [5.74, 6) is 1.98. The molecule has 0 saturated carbocycles. The number of halogens is 1. The molecule has 2 unspecified atom stereocenters. The van der Waals surface area contributed by atoms with Gasteiger partial charge in [0.25, 0.3) is 0 Å². The van der Waals surface area contributed by atoms with Crippen LogP contribution in [0, 0.1) is 0 Å². The molecule has 2 heterocycles. The molecule has 0 amide bonds. The summed E-state index contributed by atoms with van der Waals surface area (Å²) in [6.45, 7) is 9.32. The monoisotopic (exact) mass is 498 g/mol. The number of likely N-dealkylation sites (N-methyl/N-ethyl adjacent to an activating group) is 1. The van der Waals surface area contributed by atoms with E-state index in [0.29, 0.717) is 18.9 Å². The lowest BCUT2D eigenvalue weighted by Crippen LogP contribution is -2.44. The van der Waals surface area contributed by atoms with E-state index in [1.807, 2.05) is 19.1 Å². The Bertz CT molecular complexity index is 645. The predicted molar refractivity (Wildman–Crippen MR) is 116 cm³/mol. The molecule has 7 nitrogen and oxygen atoms in total. The number of furan rings is 1. The van der Waals surface area contributed by atoms with Crippen molar-refractivity contribution >= 4 is 39.8 Å².